The summed E-state index contributed by atoms with van der Waals surface area (Å²) < 4.78 is 15.1. The Labute approximate surface area is 175 Å². The Morgan fingerprint density at radius 3 is 2.86 bits per heavy atom. The fourth-order valence-corrected chi connectivity index (χ4v) is 4.50. The van der Waals surface area contributed by atoms with Gasteiger partial charge in [0.25, 0.3) is 0 Å². The Balaban J connectivity index is 1.54. The minimum atomic E-state index is -0.875. The number of hydrogen-bond donors (Lipinski definition) is 1. The number of aryl methyl sites for hydroxylation is 1. The second-order valence-electron chi connectivity index (χ2n) is 6.81. The van der Waals surface area contributed by atoms with E-state index in [4.69, 9.17) is 11.6 Å². The standard InChI is InChI=1S/C19H19ClFN5O2S/c1-2-13-15(21)17(28)26-18(23-13)29-19(24-26)25-9-3-4-14(25)16(27)22-10-11-5-7-12(20)8-6-11/h5-8,14H,2-4,9-10H2,1H3,(H,22,27)/t14-/m1/s1. The summed E-state index contributed by atoms with van der Waals surface area (Å²) >= 11 is 7.08. The Morgan fingerprint density at radius 2 is 2.14 bits per heavy atom. The van der Waals surface area contributed by atoms with Gasteiger partial charge in [-0.05, 0) is 37.0 Å². The number of benzene rings is 1. The molecule has 1 aromatic carbocycles. The number of amides is 1. The van der Waals surface area contributed by atoms with Crippen LogP contribution in [0.3, 0.4) is 0 Å². The lowest BCUT2D eigenvalue weighted by Crippen LogP contribution is -2.43. The lowest BCUT2D eigenvalue weighted by molar-refractivity contribution is -0.122. The average molecular weight is 436 g/mol. The highest BCUT2D eigenvalue weighted by Gasteiger charge is 2.33. The molecule has 152 valence electrons. The number of aromatic nitrogens is 3. The van der Waals surface area contributed by atoms with Gasteiger partial charge in [0.1, 0.15) is 6.04 Å². The van der Waals surface area contributed by atoms with Gasteiger partial charge in [-0.1, -0.05) is 42.0 Å². The zero-order chi connectivity index (χ0) is 20.5. The number of anilines is 1. The van der Waals surface area contributed by atoms with Crippen molar-refractivity contribution in [2.45, 2.75) is 38.8 Å². The molecule has 1 aliphatic heterocycles. The van der Waals surface area contributed by atoms with Gasteiger partial charge < -0.3 is 10.2 Å². The van der Waals surface area contributed by atoms with Crippen LogP contribution in [0.25, 0.3) is 4.96 Å². The number of carbonyl (C=O) groups is 1. The molecule has 0 spiro atoms. The summed E-state index contributed by atoms with van der Waals surface area (Å²) in [5.74, 6) is -0.988. The maximum Gasteiger partial charge on any atom is 0.311 e. The predicted octanol–water partition coefficient (Wildman–Crippen LogP) is 2.79. The summed E-state index contributed by atoms with van der Waals surface area (Å²) in [6, 6.07) is 6.89. The van der Waals surface area contributed by atoms with Gasteiger partial charge in [0, 0.05) is 18.1 Å². The normalized spacial score (nSPS) is 16.5. The molecule has 1 fully saturated rings. The third kappa shape index (κ3) is 3.84. The summed E-state index contributed by atoms with van der Waals surface area (Å²) in [7, 11) is 0. The predicted molar refractivity (Wildman–Crippen MR) is 110 cm³/mol. The van der Waals surface area contributed by atoms with Crippen LogP contribution in [0.4, 0.5) is 9.52 Å². The average Bonchev–Trinajstić information content (AvgIpc) is 3.37. The van der Waals surface area contributed by atoms with Crippen molar-refractivity contribution in [3.05, 3.63) is 56.7 Å². The molecule has 1 aliphatic rings. The van der Waals surface area contributed by atoms with Gasteiger partial charge in [0.05, 0.1) is 5.69 Å². The van der Waals surface area contributed by atoms with Crippen LogP contribution in [0.2, 0.25) is 5.02 Å². The van der Waals surface area contributed by atoms with Crippen LogP contribution in [0.1, 0.15) is 31.0 Å². The summed E-state index contributed by atoms with van der Waals surface area (Å²) in [6.45, 7) is 2.77. The zero-order valence-corrected chi connectivity index (χ0v) is 17.3. The number of halogens is 2. The van der Waals surface area contributed by atoms with Crippen molar-refractivity contribution in [2.75, 3.05) is 11.4 Å². The van der Waals surface area contributed by atoms with E-state index in [0.29, 0.717) is 41.0 Å². The molecule has 10 heteroatoms. The van der Waals surface area contributed by atoms with E-state index >= 15 is 0 Å². The van der Waals surface area contributed by atoms with Gasteiger partial charge >= 0.3 is 5.56 Å². The number of rotatable bonds is 5. The molecule has 1 atom stereocenters. The molecule has 0 unspecified atom stereocenters. The number of fused-ring (bicyclic) bond motifs is 1. The highest BCUT2D eigenvalue weighted by molar-refractivity contribution is 7.20. The molecule has 4 rings (SSSR count). The minimum Gasteiger partial charge on any atom is -0.350 e. The van der Waals surface area contributed by atoms with Gasteiger partial charge in [-0.3, -0.25) is 9.59 Å². The second-order valence-corrected chi connectivity index (χ2v) is 8.18. The van der Waals surface area contributed by atoms with Gasteiger partial charge in [0.15, 0.2) is 0 Å². The van der Waals surface area contributed by atoms with E-state index in [1.165, 1.54) is 11.3 Å². The molecule has 29 heavy (non-hydrogen) atoms. The van der Waals surface area contributed by atoms with Gasteiger partial charge in [0.2, 0.25) is 21.8 Å². The largest absolute Gasteiger partial charge is 0.350 e. The van der Waals surface area contributed by atoms with E-state index in [1.807, 2.05) is 17.0 Å². The Morgan fingerprint density at radius 1 is 1.38 bits per heavy atom. The van der Waals surface area contributed by atoms with Crippen molar-refractivity contribution in [3.8, 4) is 0 Å². The first-order valence-electron chi connectivity index (χ1n) is 9.35. The van der Waals surface area contributed by atoms with E-state index in [2.05, 4.69) is 15.4 Å². The van der Waals surface area contributed by atoms with Crippen molar-refractivity contribution < 1.29 is 9.18 Å². The van der Waals surface area contributed by atoms with E-state index in [1.54, 1.807) is 19.1 Å². The van der Waals surface area contributed by atoms with Crippen molar-refractivity contribution in [1.29, 1.82) is 0 Å². The van der Waals surface area contributed by atoms with Crippen LogP contribution in [-0.4, -0.2) is 33.1 Å². The Hall–Kier alpha value is -2.52. The molecular formula is C19H19ClFN5O2S. The van der Waals surface area contributed by atoms with Crippen molar-refractivity contribution in [1.82, 2.24) is 19.9 Å². The molecule has 0 radical (unpaired) electrons. The fourth-order valence-electron chi connectivity index (χ4n) is 3.38. The number of nitrogens with zero attached hydrogens (tertiary/aromatic N) is 4. The number of nitrogens with one attached hydrogen (secondary N) is 1. The van der Waals surface area contributed by atoms with Crippen LogP contribution >= 0.6 is 22.9 Å². The smallest absolute Gasteiger partial charge is 0.311 e. The first kappa shape index (κ1) is 19.8. The van der Waals surface area contributed by atoms with E-state index in [-0.39, 0.29) is 11.6 Å². The fraction of sp³-hybridized carbons (Fsp3) is 0.368. The topological polar surface area (TPSA) is 79.6 Å². The number of carbonyl (C=O) groups excluding carboxylic acids is 1. The minimum absolute atomic E-state index is 0.113. The van der Waals surface area contributed by atoms with E-state index in [0.717, 1.165) is 16.5 Å². The SMILES string of the molecule is CCc1nc2sc(N3CCC[C@@H]3C(=O)NCc3ccc(Cl)cc3)nn2c(=O)c1F. The summed E-state index contributed by atoms with van der Waals surface area (Å²) in [4.78, 5) is 31.4. The molecule has 7 nitrogen and oxygen atoms in total. The van der Waals surface area contributed by atoms with Crippen LogP contribution in [-0.2, 0) is 17.8 Å². The lowest BCUT2D eigenvalue weighted by atomic mass is 10.2. The van der Waals surface area contributed by atoms with Crippen LogP contribution in [0.5, 0.6) is 0 Å². The van der Waals surface area contributed by atoms with Crippen molar-refractivity contribution in [3.63, 3.8) is 0 Å². The molecule has 1 N–H and O–H groups in total. The molecule has 3 aromatic rings. The monoisotopic (exact) mass is 435 g/mol. The summed E-state index contributed by atoms with van der Waals surface area (Å²) in [5, 5.41) is 8.32. The lowest BCUT2D eigenvalue weighted by Gasteiger charge is -2.22. The van der Waals surface area contributed by atoms with E-state index < -0.39 is 17.4 Å². The van der Waals surface area contributed by atoms with Crippen LogP contribution in [0, 0.1) is 5.82 Å². The summed E-state index contributed by atoms with van der Waals surface area (Å²) in [5.41, 5.74) is 0.270. The highest BCUT2D eigenvalue weighted by Crippen LogP contribution is 2.29. The van der Waals surface area contributed by atoms with Gasteiger partial charge in [-0.15, -0.1) is 5.10 Å². The summed E-state index contributed by atoms with van der Waals surface area (Å²) in [6.07, 6.45) is 1.83. The highest BCUT2D eigenvalue weighted by atomic mass is 35.5. The Kier molecular flexibility index (Phi) is 5.51. The molecule has 3 heterocycles. The third-order valence-electron chi connectivity index (χ3n) is 4.93. The van der Waals surface area contributed by atoms with Crippen LogP contribution < -0.4 is 15.8 Å². The quantitative estimate of drug-likeness (QED) is 0.666. The maximum absolute atomic E-state index is 14.1. The first-order valence-corrected chi connectivity index (χ1v) is 10.5. The van der Waals surface area contributed by atoms with E-state index in [9.17, 15) is 14.0 Å². The number of hydrogen-bond acceptors (Lipinski definition) is 6. The zero-order valence-electron chi connectivity index (χ0n) is 15.7. The third-order valence-corrected chi connectivity index (χ3v) is 6.13. The van der Waals surface area contributed by atoms with Crippen molar-refractivity contribution in [2.24, 2.45) is 0 Å². The molecule has 2 aromatic heterocycles. The molecule has 0 aliphatic carbocycles. The molecule has 0 bridgehead atoms. The van der Waals surface area contributed by atoms with Gasteiger partial charge in [-0.25, -0.2) is 4.98 Å². The van der Waals surface area contributed by atoms with Crippen molar-refractivity contribution >= 4 is 38.9 Å². The second kappa shape index (κ2) is 8.08. The molecule has 0 saturated carbocycles. The Bertz CT molecular complexity index is 1110. The molecule has 1 saturated heterocycles. The van der Waals surface area contributed by atoms with Crippen LogP contribution in [0.15, 0.2) is 29.1 Å². The first-order chi connectivity index (χ1) is 14.0. The van der Waals surface area contributed by atoms with Gasteiger partial charge in [-0.2, -0.15) is 8.91 Å². The maximum atomic E-state index is 14.1. The molecular weight excluding hydrogens is 417 g/mol. The molecule has 1 amide bonds.